The summed E-state index contributed by atoms with van der Waals surface area (Å²) in [5, 5.41) is 5.66. The molecule has 2 fully saturated rings. The molecule has 2 N–H and O–H groups in total. The highest BCUT2D eigenvalue weighted by Crippen LogP contribution is 2.35. The topological polar surface area (TPSA) is 142 Å². The average Bonchev–Trinajstić information content (AvgIpc) is 3.65. The van der Waals surface area contributed by atoms with Crippen LogP contribution in [0, 0.1) is 0 Å². The Morgan fingerprint density at radius 1 is 0.571 bits per heavy atom. The lowest BCUT2D eigenvalue weighted by Gasteiger charge is -2.18. The molecule has 56 heavy (non-hydrogen) atoms. The van der Waals surface area contributed by atoms with Crippen LogP contribution in [-0.4, -0.2) is 81.6 Å². The molecule has 0 bridgehead atoms. The first-order chi connectivity index (χ1) is 27.3. The summed E-state index contributed by atoms with van der Waals surface area (Å²) < 4.78 is 10.7. The Bertz CT molecular complexity index is 1920. The number of methoxy groups -OCH3 is 2. The summed E-state index contributed by atoms with van der Waals surface area (Å²) in [7, 11) is 3.08. The highest BCUT2D eigenvalue weighted by Gasteiger charge is 2.40. The SMILES string of the molecule is COc1ccccc1NC(=O)CC1SC(=Nc2ccccc2)N(CCCCCCN2C(=O)C(CC(=O)Nc3ccccc3OC)SC2=Nc2ccccc2)C1=O. The number of thioether (sulfide) groups is 2. The molecule has 2 atom stereocenters. The van der Waals surface area contributed by atoms with E-state index in [2.05, 4.69) is 10.6 Å². The lowest BCUT2D eigenvalue weighted by molar-refractivity contribution is -0.128. The van der Waals surface area contributed by atoms with E-state index in [0.29, 0.717) is 59.1 Å². The smallest absolute Gasteiger partial charge is 0.242 e. The Kier molecular flexibility index (Phi) is 14.2. The number of anilines is 2. The number of para-hydroxylation sites is 6. The molecule has 4 amide bonds. The Hall–Kier alpha value is -5.60. The molecule has 4 aromatic rings. The van der Waals surface area contributed by atoms with Crippen molar-refractivity contribution in [3.8, 4) is 11.5 Å². The van der Waals surface area contributed by atoms with Crippen LogP contribution in [0.4, 0.5) is 22.7 Å². The first kappa shape index (κ1) is 40.1. The van der Waals surface area contributed by atoms with Gasteiger partial charge in [-0.15, -0.1) is 0 Å². The number of nitrogens with zero attached hydrogens (tertiary/aromatic N) is 4. The van der Waals surface area contributed by atoms with Crippen LogP contribution in [0.5, 0.6) is 11.5 Å². The fourth-order valence-corrected chi connectivity index (χ4v) is 8.58. The monoisotopic (exact) mass is 792 g/mol. The van der Waals surface area contributed by atoms with E-state index in [1.807, 2.05) is 84.9 Å². The van der Waals surface area contributed by atoms with Crippen molar-refractivity contribution in [2.24, 2.45) is 9.98 Å². The number of aliphatic imine (C=N–C) groups is 2. The number of rotatable bonds is 17. The molecule has 290 valence electrons. The van der Waals surface area contributed by atoms with Gasteiger partial charge in [0.05, 0.1) is 37.0 Å². The number of carbonyl (C=O) groups excluding carboxylic acids is 4. The third-order valence-electron chi connectivity index (χ3n) is 9.02. The van der Waals surface area contributed by atoms with Gasteiger partial charge in [-0.25, -0.2) is 9.98 Å². The molecule has 2 aliphatic rings. The summed E-state index contributed by atoms with van der Waals surface area (Å²) >= 11 is 2.61. The van der Waals surface area contributed by atoms with E-state index in [9.17, 15) is 19.2 Å². The van der Waals surface area contributed by atoms with Gasteiger partial charge in [-0.2, -0.15) is 0 Å². The van der Waals surface area contributed by atoms with Gasteiger partial charge in [-0.05, 0) is 61.4 Å². The van der Waals surface area contributed by atoms with Gasteiger partial charge in [0.1, 0.15) is 22.0 Å². The lowest BCUT2D eigenvalue weighted by Crippen LogP contribution is -2.34. The van der Waals surface area contributed by atoms with E-state index in [4.69, 9.17) is 19.5 Å². The van der Waals surface area contributed by atoms with Gasteiger partial charge in [0, 0.05) is 25.9 Å². The van der Waals surface area contributed by atoms with Crippen LogP contribution in [-0.2, 0) is 19.2 Å². The molecule has 0 radical (unpaired) electrons. The molecule has 2 unspecified atom stereocenters. The number of ether oxygens (including phenoxy) is 2. The maximum Gasteiger partial charge on any atom is 0.242 e. The molecule has 0 spiro atoms. The van der Waals surface area contributed by atoms with Crippen molar-refractivity contribution in [1.29, 1.82) is 0 Å². The van der Waals surface area contributed by atoms with Gasteiger partial charge < -0.3 is 20.1 Å². The second-order valence-electron chi connectivity index (χ2n) is 13.0. The van der Waals surface area contributed by atoms with Crippen LogP contribution in [0.1, 0.15) is 38.5 Å². The van der Waals surface area contributed by atoms with Gasteiger partial charge in [0.2, 0.25) is 23.6 Å². The number of nitrogens with one attached hydrogen (secondary N) is 2. The van der Waals surface area contributed by atoms with Gasteiger partial charge in [0.15, 0.2) is 10.3 Å². The van der Waals surface area contributed by atoms with Crippen molar-refractivity contribution in [3.05, 3.63) is 109 Å². The van der Waals surface area contributed by atoms with Crippen molar-refractivity contribution < 1.29 is 28.7 Å². The van der Waals surface area contributed by atoms with Gasteiger partial charge in [0.25, 0.3) is 0 Å². The van der Waals surface area contributed by atoms with Crippen LogP contribution < -0.4 is 20.1 Å². The first-order valence-corrected chi connectivity index (χ1v) is 20.2. The predicted octanol–water partition coefficient (Wildman–Crippen LogP) is 7.89. The van der Waals surface area contributed by atoms with Crippen molar-refractivity contribution in [2.45, 2.75) is 49.0 Å². The number of carbonyl (C=O) groups is 4. The Morgan fingerprint density at radius 3 is 1.34 bits per heavy atom. The average molecular weight is 793 g/mol. The van der Waals surface area contributed by atoms with E-state index >= 15 is 0 Å². The van der Waals surface area contributed by atoms with E-state index in [0.717, 1.165) is 24.2 Å². The first-order valence-electron chi connectivity index (χ1n) is 18.4. The fraction of sp³-hybridized carbons (Fsp3) is 0.286. The largest absolute Gasteiger partial charge is 0.495 e. The van der Waals surface area contributed by atoms with Crippen molar-refractivity contribution >= 4 is 80.2 Å². The molecule has 6 rings (SSSR count). The fourth-order valence-electron chi connectivity index (χ4n) is 6.22. The minimum atomic E-state index is -0.613. The maximum atomic E-state index is 13.7. The molecular formula is C42H44N6O6S2. The minimum absolute atomic E-state index is 0.0102. The summed E-state index contributed by atoms with van der Waals surface area (Å²) in [5.41, 5.74) is 2.54. The third kappa shape index (κ3) is 10.6. The number of amidine groups is 2. The summed E-state index contributed by atoms with van der Waals surface area (Å²) in [6.45, 7) is 0.898. The molecule has 0 aromatic heterocycles. The summed E-state index contributed by atoms with van der Waals surface area (Å²) in [6.07, 6.45) is 3.00. The van der Waals surface area contributed by atoms with Crippen LogP contribution >= 0.6 is 23.5 Å². The normalized spacial score (nSPS) is 18.1. The Morgan fingerprint density at radius 2 is 0.946 bits per heavy atom. The molecular weight excluding hydrogens is 749 g/mol. The van der Waals surface area contributed by atoms with Crippen LogP contribution in [0.25, 0.3) is 0 Å². The van der Waals surface area contributed by atoms with Crippen LogP contribution in [0.15, 0.2) is 119 Å². The molecule has 2 heterocycles. The van der Waals surface area contributed by atoms with E-state index in [1.165, 1.54) is 37.7 Å². The number of amides is 4. The summed E-state index contributed by atoms with van der Waals surface area (Å²) in [5.74, 6) is 0.207. The van der Waals surface area contributed by atoms with Gasteiger partial charge >= 0.3 is 0 Å². The Labute approximate surface area is 335 Å². The lowest BCUT2D eigenvalue weighted by atomic mass is 10.1. The number of hydrogen-bond acceptors (Lipinski definition) is 10. The molecule has 2 saturated heterocycles. The third-order valence-corrected chi connectivity index (χ3v) is 11.4. The quantitative estimate of drug-likeness (QED) is 0.103. The minimum Gasteiger partial charge on any atom is -0.495 e. The van der Waals surface area contributed by atoms with Crippen molar-refractivity contribution in [3.63, 3.8) is 0 Å². The zero-order valence-electron chi connectivity index (χ0n) is 31.3. The van der Waals surface area contributed by atoms with Crippen molar-refractivity contribution in [2.75, 3.05) is 37.9 Å². The zero-order chi connectivity index (χ0) is 39.3. The number of benzene rings is 4. The molecule has 14 heteroatoms. The highest BCUT2D eigenvalue weighted by atomic mass is 32.2. The van der Waals surface area contributed by atoms with E-state index in [1.54, 1.807) is 34.1 Å². The van der Waals surface area contributed by atoms with E-state index < -0.39 is 10.5 Å². The highest BCUT2D eigenvalue weighted by molar-refractivity contribution is 8.15. The summed E-state index contributed by atoms with van der Waals surface area (Å²) in [4.78, 5) is 66.4. The molecule has 2 aliphatic heterocycles. The second kappa shape index (κ2) is 19.8. The van der Waals surface area contributed by atoms with Crippen LogP contribution in [0.3, 0.4) is 0 Å². The summed E-state index contributed by atoms with van der Waals surface area (Å²) in [6, 6.07) is 33.2. The zero-order valence-corrected chi connectivity index (χ0v) is 32.9. The van der Waals surface area contributed by atoms with Gasteiger partial charge in [-0.1, -0.05) is 97.0 Å². The van der Waals surface area contributed by atoms with Gasteiger partial charge in [-0.3, -0.25) is 29.0 Å². The molecule has 4 aromatic carbocycles. The molecule has 0 saturated carbocycles. The van der Waals surface area contributed by atoms with Crippen LogP contribution in [0.2, 0.25) is 0 Å². The standard InChI is InChI=1S/C42H44N6O6S2/c1-53-33-23-13-11-21-31(33)45-37(49)27-35-39(51)47(41(55-35)43-29-17-7-5-8-18-29)25-15-3-4-16-26-48-40(52)36(56-42(48)44-30-19-9-6-10-20-30)28-38(50)46-32-22-12-14-24-34(32)54-2/h5-14,17-24,35-36H,3-4,15-16,25-28H2,1-2H3,(H,45,49)(H,46,50). The molecule has 0 aliphatic carbocycles. The second-order valence-corrected chi connectivity index (χ2v) is 15.3. The molecule has 12 nitrogen and oxygen atoms in total. The number of unbranched alkanes of at least 4 members (excludes halogenated alkanes) is 3. The van der Waals surface area contributed by atoms with Crippen molar-refractivity contribution in [1.82, 2.24) is 9.80 Å². The van der Waals surface area contributed by atoms with E-state index in [-0.39, 0.29) is 36.5 Å². The Balaban J connectivity index is 1.04. The maximum absolute atomic E-state index is 13.7. The number of hydrogen-bond donors (Lipinski definition) is 2. The predicted molar refractivity (Wildman–Crippen MR) is 224 cm³/mol.